The first-order chi connectivity index (χ1) is 12.3. The van der Waals surface area contributed by atoms with Crippen LogP contribution in [0.2, 0.25) is 0 Å². The lowest BCUT2D eigenvalue weighted by Crippen LogP contribution is -2.34. The van der Waals surface area contributed by atoms with Crippen molar-refractivity contribution in [2.24, 2.45) is 17.6 Å². The number of allylic oxidation sites excluding steroid dienone is 4. The van der Waals surface area contributed by atoms with Crippen molar-refractivity contribution in [3.05, 3.63) is 60.2 Å². The highest BCUT2D eigenvalue weighted by molar-refractivity contribution is 5.92. The van der Waals surface area contributed by atoms with Crippen LogP contribution < -0.4 is 5.73 Å². The molecule has 2 aliphatic rings. The van der Waals surface area contributed by atoms with Gasteiger partial charge in [-0.3, -0.25) is 4.79 Å². The Bertz CT molecular complexity index is 600. The number of rotatable bonds is 6. The Morgan fingerprint density at radius 2 is 1.84 bits per heavy atom. The van der Waals surface area contributed by atoms with Crippen LogP contribution in [0.1, 0.15) is 43.6 Å². The van der Waals surface area contributed by atoms with Gasteiger partial charge in [0.1, 0.15) is 0 Å². The molecule has 134 valence electrons. The molecule has 1 fully saturated rings. The van der Waals surface area contributed by atoms with Gasteiger partial charge in [-0.05, 0) is 56.2 Å². The van der Waals surface area contributed by atoms with Gasteiger partial charge in [0.05, 0.1) is 12.7 Å². The zero-order chi connectivity index (χ0) is 17.5. The summed E-state index contributed by atoms with van der Waals surface area (Å²) in [7, 11) is 0. The molecular weight excluding hydrogens is 310 g/mol. The quantitative estimate of drug-likeness (QED) is 0.852. The monoisotopic (exact) mass is 339 g/mol. The van der Waals surface area contributed by atoms with Crippen molar-refractivity contribution in [3.63, 3.8) is 0 Å². The first kappa shape index (κ1) is 18.1. The van der Waals surface area contributed by atoms with Crippen LogP contribution in [-0.4, -0.2) is 25.0 Å². The van der Waals surface area contributed by atoms with Gasteiger partial charge in [0.2, 0.25) is 0 Å². The SMILES string of the molecule is NCC(CO[C@H]1CC[C@@H](c2ccccc2)CC1)C1CC=CC=CC1=O. The number of ketones is 1. The second-order valence-electron chi connectivity index (χ2n) is 7.25. The molecule has 0 aliphatic heterocycles. The number of ether oxygens (including phenoxy) is 1. The van der Waals surface area contributed by atoms with Crippen LogP contribution in [0.25, 0.3) is 0 Å². The normalized spacial score (nSPS) is 27.9. The second-order valence-corrected chi connectivity index (χ2v) is 7.25. The molecule has 2 N–H and O–H groups in total. The van der Waals surface area contributed by atoms with E-state index in [0.717, 1.165) is 19.3 Å². The maximum absolute atomic E-state index is 12.2. The topological polar surface area (TPSA) is 52.3 Å². The number of nitrogens with two attached hydrogens (primary N) is 1. The summed E-state index contributed by atoms with van der Waals surface area (Å²) in [6.07, 6.45) is 13.1. The summed E-state index contributed by atoms with van der Waals surface area (Å²) in [5, 5.41) is 0. The summed E-state index contributed by atoms with van der Waals surface area (Å²) in [6, 6.07) is 10.8. The standard InChI is InChI=1S/C22H29NO2/c23-15-19(21-9-5-2-6-10-22(21)24)16-25-20-13-11-18(12-14-20)17-7-3-1-4-8-17/h1-8,10,18-21H,9,11-16,23H2/t18-,19?,20+,21?. The zero-order valence-corrected chi connectivity index (χ0v) is 14.8. The third kappa shape index (κ3) is 4.90. The summed E-state index contributed by atoms with van der Waals surface area (Å²) in [6.45, 7) is 1.09. The smallest absolute Gasteiger partial charge is 0.159 e. The van der Waals surface area contributed by atoms with E-state index in [4.69, 9.17) is 10.5 Å². The van der Waals surface area contributed by atoms with Gasteiger partial charge in [0.15, 0.2) is 5.78 Å². The average Bonchev–Trinajstić information content (AvgIpc) is 2.88. The highest BCUT2D eigenvalue weighted by Crippen LogP contribution is 2.34. The van der Waals surface area contributed by atoms with Crippen molar-refractivity contribution in [3.8, 4) is 0 Å². The number of carbonyl (C=O) groups is 1. The van der Waals surface area contributed by atoms with E-state index in [1.165, 1.54) is 18.4 Å². The van der Waals surface area contributed by atoms with E-state index in [1.54, 1.807) is 6.08 Å². The van der Waals surface area contributed by atoms with E-state index in [9.17, 15) is 4.79 Å². The van der Waals surface area contributed by atoms with Crippen molar-refractivity contribution in [1.29, 1.82) is 0 Å². The molecule has 2 aliphatic carbocycles. The molecule has 0 saturated heterocycles. The Balaban J connectivity index is 1.47. The summed E-state index contributed by atoms with van der Waals surface area (Å²) >= 11 is 0. The molecule has 2 unspecified atom stereocenters. The predicted molar refractivity (Wildman–Crippen MR) is 101 cm³/mol. The van der Waals surface area contributed by atoms with Crippen LogP contribution >= 0.6 is 0 Å². The van der Waals surface area contributed by atoms with Crippen molar-refractivity contribution < 1.29 is 9.53 Å². The Morgan fingerprint density at radius 1 is 1.08 bits per heavy atom. The van der Waals surface area contributed by atoms with Gasteiger partial charge in [0, 0.05) is 11.8 Å². The lowest BCUT2D eigenvalue weighted by atomic mass is 9.82. The van der Waals surface area contributed by atoms with E-state index in [0.29, 0.717) is 25.2 Å². The van der Waals surface area contributed by atoms with Crippen molar-refractivity contribution in [2.75, 3.05) is 13.2 Å². The molecule has 0 spiro atoms. The fourth-order valence-corrected chi connectivity index (χ4v) is 4.01. The van der Waals surface area contributed by atoms with E-state index in [1.807, 2.05) is 12.2 Å². The molecule has 0 aromatic heterocycles. The maximum atomic E-state index is 12.2. The summed E-state index contributed by atoms with van der Waals surface area (Å²) in [5.74, 6) is 0.898. The lowest BCUT2D eigenvalue weighted by molar-refractivity contribution is -0.121. The minimum absolute atomic E-state index is 0.0411. The van der Waals surface area contributed by atoms with Crippen molar-refractivity contribution in [1.82, 2.24) is 0 Å². The van der Waals surface area contributed by atoms with Crippen LogP contribution in [0.5, 0.6) is 0 Å². The highest BCUT2D eigenvalue weighted by atomic mass is 16.5. The molecule has 0 bridgehead atoms. The minimum atomic E-state index is -0.0411. The molecule has 0 amide bonds. The minimum Gasteiger partial charge on any atom is -0.378 e. The first-order valence-corrected chi connectivity index (χ1v) is 9.51. The Hall–Kier alpha value is -1.71. The summed E-state index contributed by atoms with van der Waals surface area (Å²) < 4.78 is 6.18. The second kappa shape index (κ2) is 9.12. The lowest BCUT2D eigenvalue weighted by Gasteiger charge is -2.31. The third-order valence-electron chi connectivity index (χ3n) is 5.63. The van der Waals surface area contributed by atoms with Crippen LogP contribution in [0.3, 0.4) is 0 Å². The van der Waals surface area contributed by atoms with E-state index in [-0.39, 0.29) is 17.6 Å². The predicted octanol–water partition coefficient (Wildman–Crippen LogP) is 4.01. The molecule has 0 radical (unpaired) electrons. The van der Waals surface area contributed by atoms with Crippen molar-refractivity contribution >= 4 is 5.78 Å². The number of hydrogen-bond donors (Lipinski definition) is 1. The molecule has 1 aromatic rings. The molecular formula is C22H29NO2. The van der Waals surface area contributed by atoms with Gasteiger partial charge in [-0.1, -0.05) is 48.6 Å². The Morgan fingerprint density at radius 3 is 2.56 bits per heavy atom. The molecule has 1 saturated carbocycles. The Kier molecular flexibility index (Phi) is 6.60. The van der Waals surface area contributed by atoms with Crippen LogP contribution in [0.15, 0.2) is 54.6 Å². The molecule has 1 aromatic carbocycles. The summed E-state index contributed by atoms with van der Waals surface area (Å²) in [5.41, 5.74) is 7.40. The molecule has 3 rings (SSSR count). The van der Waals surface area contributed by atoms with Gasteiger partial charge in [-0.15, -0.1) is 0 Å². The molecule has 0 heterocycles. The van der Waals surface area contributed by atoms with Crippen LogP contribution in [-0.2, 0) is 9.53 Å². The zero-order valence-electron chi connectivity index (χ0n) is 14.8. The molecule has 3 heteroatoms. The number of benzene rings is 1. The van der Waals surface area contributed by atoms with Gasteiger partial charge in [-0.2, -0.15) is 0 Å². The van der Waals surface area contributed by atoms with E-state index < -0.39 is 0 Å². The molecule has 3 nitrogen and oxygen atoms in total. The number of carbonyl (C=O) groups excluding carboxylic acids is 1. The van der Waals surface area contributed by atoms with Crippen LogP contribution in [0.4, 0.5) is 0 Å². The van der Waals surface area contributed by atoms with E-state index in [2.05, 4.69) is 36.4 Å². The fourth-order valence-electron chi connectivity index (χ4n) is 4.01. The highest BCUT2D eigenvalue weighted by Gasteiger charge is 2.28. The third-order valence-corrected chi connectivity index (χ3v) is 5.63. The number of hydrogen-bond acceptors (Lipinski definition) is 3. The van der Waals surface area contributed by atoms with Gasteiger partial charge in [-0.25, -0.2) is 0 Å². The van der Waals surface area contributed by atoms with Gasteiger partial charge < -0.3 is 10.5 Å². The van der Waals surface area contributed by atoms with Crippen molar-refractivity contribution in [2.45, 2.75) is 44.1 Å². The maximum Gasteiger partial charge on any atom is 0.159 e. The van der Waals surface area contributed by atoms with Gasteiger partial charge in [0.25, 0.3) is 0 Å². The summed E-state index contributed by atoms with van der Waals surface area (Å²) in [4.78, 5) is 12.2. The van der Waals surface area contributed by atoms with Gasteiger partial charge >= 0.3 is 0 Å². The molecule has 2 atom stereocenters. The average molecular weight is 339 g/mol. The fraction of sp³-hybridized carbons (Fsp3) is 0.500. The molecule has 25 heavy (non-hydrogen) atoms. The first-order valence-electron chi connectivity index (χ1n) is 9.51. The largest absolute Gasteiger partial charge is 0.378 e. The Labute approximate surface area is 150 Å². The van der Waals surface area contributed by atoms with Crippen LogP contribution in [0, 0.1) is 11.8 Å². The van der Waals surface area contributed by atoms with E-state index >= 15 is 0 Å².